The monoisotopic (exact) mass is 379 g/mol. The van der Waals surface area contributed by atoms with Crippen LogP contribution in [0.2, 0.25) is 0 Å². The molecule has 6 heteroatoms. The summed E-state index contributed by atoms with van der Waals surface area (Å²) in [6.45, 7) is 4.28. The van der Waals surface area contributed by atoms with Gasteiger partial charge in [0.1, 0.15) is 0 Å². The van der Waals surface area contributed by atoms with Crippen molar-refractivity contribution in [1.82, 2.24) is 4.57 Å². The molecule has 0 radical (unpaired) electrons. The van der Waals surface area contributed by atoms with Crippen molar-refractivity contribution in [2.75, 3.05) is 23.3 Å². The molecule has 0 saturated carbocycles. The van der Waals surface area contributed by atoms with Crippen molar-refractivity contribution in [1.29, 1.82) is 0 Å². The van der Waals surface area contributed by atoms with Gasteiger partial charge in [0.2, 0.25) is 5.91 Å². The molecule has 1 aliphatic rings. The second-order valence-corrected chi connectivity index (χ2v) is 7.35. The number of hydrogen-bond acceptors (Lipinski definition) is 4. The molecule has 1 amide bonds. The van der Waals surface area contributed by atoms with Gasteiger partial charge >= 0.3 is 5.76 Å². The van der Waals surface area contributed by atoms with E-state index in [4.69, 9.17) is 4.42 Å². The van der Waals surface area contributed by atoms with E-state index in [-0.39, 0.29) is 18.9 Å². The zero-order valence-corrected chi connectivity index (χ0v) is 16.1. The minimum Gasteiger partial charge on any atom is -0.408 e. The fourth-order valence-electron chi connectivity index (χ4n) is 3.80. The summed E-state index contributed by atoms with van der Waals surface area (Å²) in [7, 11) is 0. The third-order valence-electron chi connectivity index (χ3n) is 5.26. The molecule has 1 N–H and O–H groups in total. The van der Waals surface area contributed by atoms with Crippen LogP contribution in [-0.2, 0) is 11.3 Å². The van der Waals surface area contributed by atoms with Gasteiger partial charge in [0.05, 0.1) is 16.9 Å². The highest BCUT2D eigenvalue weighted by molar-refractivity contribution is 5.94. The van der Waals surface area contributed by atoms with Crippen LogP contribution in [0.15, 0.2) is 51.7 Å². The SMILES string of the molecule is Cc1ccc2oc(=O)n(CCC(=O)Nc3ccccc3N3CCCCC3)c2c1. The quantitative estimate of drug-likeness (QED) is 0.730. The van der Waals surface area contributed by atoms with Crippen molar-refractivity contribution in [3.8, 4) is 0 Å². The Morgan fingerprint density at radius 2 is 1.89 bits per heavy atom. The summed E-state index contributed by atoms with van der Waals surface area (Å²) in [5, 5.41) is 3.02. The van der Waals surface area contributed by atoms with Crippen molar-refractivity contribution >= 4 is 28.4 Å². The van der Waals surface area contributed by atoms with Gasteiger partial charge < -0.3 is 14.6 Å². The maximum atomic E-state index is 12.6. The number of piperidine rings is 1. The lowest BCUT2D eigenvalue weighted by molar-refractivity contribution is -0.116. The maximum absolute atomic E-state index is 12.6. The molecule has 28 heavy (non-hydrogen) atoms. The molecule has 1 aromatic heterocycles. The number of anilines is 2. The number of carbonyl (C=O) groups is 1. The second-order valence-electron chi connectivity index (χ2n) is 7.35. The highest BCUT2D eigenvalue weighted by Crippen LogP contribution is 2.28. The first-order chi connectivity index (χ1) is 13.6. The highest BCUT2D eigenvalue weighted by Gasteiger charge is 2.16. The summed E-state index contributed by atoms with van der Waals surface area (Å²) in [6.07, 6.45) is 3.82. The van der Waals surface area contributed by atoms with E-state index in [9.17, 15) is 9.59 Å². The topological polar surface area (TPSA) is 67.5 Å². The number of aromatic nitrogens is 1. The molecule has 4 rings (SSSR count). The lowest BCUT2D eigenvalue weighted by atomic mass is 10.1. The number of oxazole rings is 1. The summed E-state index contributed by atoms with van der Waals surface area (Å²) in [4.78, 5) is 27.1. The molecule has 0 atom stereocenters. The number of benzene rings is 2. The smallest absolute Gasteiger partial charge is 0.408 e. The summed E-state index contributed by atoms with van der Waals surface area (Å²) >= 11 is 0. The molecule has 3 aromatic rings. The Hall–Kier alpha value is -3.02. The van der Waals surface area contributed by atoms with Crippen molar-refractivity contribution in [2.45, 2.75) is 39.2 Å². The van der Waals surface area contributed by atoms with Gasteiger partial charge in [-0.25, -0.2) is 4.79 Å². The third-order valence-corrected chi connectivity index (χ3v) is 5.26. The normalized spacial score (nSPS) is 14.4. The van der Waals surface area contributed by atoms with E-state index in [0.717, 1.165) is 35.5 Å². The molecule has 0 unspecified atom stereocenters. The van der Waals surface area contributed by atoms with Crippen molar-refractivity contribution in [3.05, 3.63) is 58.6 Å². The van der Waals surface area contributed by atoms with E-state index < -0.39 is 5.76 Å². The van der Waals surface area contributed by atoms with Crippen LogP contribution in [0.4, 0.5) is 11.4 Å². The number of nitrogens with zero attached hydrogens (tertiary/aromatic N) is 2. The number of hydrogen-bond donors (Lipinski definition) is 1. The molecular weight excluding hydrogens is 354 g/mol. The van der Waals surface area contributed by atoms with Gasteiger partial charge in [-0.05, 0) is 56.0 Å². The van der Waals surface area contributed by atoms with Crippen LogP contribution >= 0.6 is 0 Å². The first-order valence-corrected chi connectivity index (χ1v) is 9.85. The minimum absolute atomic E-state index is 0.113. The van der Waals surface area contributed by atoms with Crippen molar-refractivity contribution in [2.24, 2.45) is 0 Å². The molecular formula is C22H25N3O3. The van der Waals surface area contributed by atoms with E-state index in [1.807, 2.05) is 37.3 Å². The molecule has 2 aromatic carbocycles. The summed E-state index contributed by atoms with van der Waals surface area (Å²) in [5.74, 6) is -0.541. The zero-order chi connectivity index (χ0) is 19.5. The molecule has 1 aliphatic heterocycles. The van der Waals surface area contributed by atoms with Crippen LogP contribution in [0.25, 0.3) is 11.1 Å². The first-order valence-electron chi connectivity index (χ1n) is 9.85. The first kappa shape index (κ1) is 18.3. The van der Waals surface area contributed by atoms with E-state index in [1.54, 1.807) is 6.07 Å². The Balaban J connectivity index is 1.47. The maximum Gasteiger partial charge on any atom is 0.419 e. The van der Waals surface area contributed by atoms with Crippen LogP contribution < -0.4 is 16.0 Å². The predicted octanol–water partition coefficient (Wildman–Crippen LogP) is 3.92. The number of para-hydroxylation sites is 2. The van der Waals surface area contributed by atoms with Gasteiger partial charge in [-0.2, -0.15) is 0 Å². The Labute approximate surface area is 163 Å². The van der Waals surface area contributed by atoms with Crippen molar-refractivity contribution in [3.63, 3.8) is 0 Å². The van der Waals surface area contributed by atoms with Gasteiger partial charge in [-0.3, -0.25) is 9.36 Å². The van der Waals surface area contributed by atoms with Crippen LogP contribution in [0.5, 0.6) is 0 Å². The average Bonchev–Trinajstić information content (AvgIpc) is 3.02. The molecule has 1 saturated heterocycles. The predicted molar refractivity (Wildman–Crippen MR) is 111 cm³/mol. The average molecular weight is 379 g/mol. The Kier molecular flexibility index (Phi) is 5.19. The van der Waals surface area contributed by atoms with Crippen molar-refractivity contribution < 1.29 is 9.21 Å². The van der Waals surface area contributed by atoms with E-state index in [0.29, 0.717) is 5.58 Å². The number of fused-ring (bicyclic) bond motifs is 1. The Bertz CT molecular complexity index is 1040. The molecule has 6 nitrogen and oxygen atoms in total. The fourth-order valence-corrected chi connectivity index (χ4v) is 3.80. The number of aryl methyl sites for hydroxylation is 2. The molecule has 146 valence electrons. The fraction of sp³-hybridized carbons (Fsp3) is 0.364. The van der Waals surface area contributed by atoms with Gasteiger partial charge in [-0.1, -0.05) is 18.2 Å². The number of nitrogens with one attached hydrogen (secondary N) is 1. The molecule has 0 aliphatic carbocycles. The molecule has 0 bridgehead atoms. The summed E-state index contributed by atoms with van der Waals surface area (Å²) in [5.41, 5.74) is 4.21. The molecule has 2 heterocycles. The van der Waals surface area contributed by atoms with Gasteiger partial charge in [0, 0.05) is 26.1 Å². The van der Waals surface area contributed by atoms with Gasteiger partial charge in [0.25, 0.3) is 0 Å². The minimum atomic E-state index is -0.429. The molecule has 0 spiro atoms. The summed E-state index contributed by atoms with van der Waals surface area (Å²) < 4.78 is 6.80. The standard InChI is InChI=1S/C22H25N3O3/c1-16-9-10-20-19(15-16)25(22(27)28-20)14-11-21(26)23-17-7-3-4-8-18(17)24-12-5-2-6-13-24/h3-4,7-10,15H,2,5-6,11-14H2,1H3,(H,23,26). The van der Waals surface area contributed by atoms with E-state index >= 15 is 0 Å². The van der Waals surface area contributed by atoms with Crippen LogP contribution in [0, 0.1) is 6.92 Å². The van der Waals surface area contributed by atoms with Crippen LogP contribution in [0.1, 0.15) is 31.2 Å². The van der Waals surface area contributed by atoms with Crippen LogP contribution in [0.3, 0.4) is 0 Å². The lowest BCUT2D eigenvalue weighted by Gasteiger charge is -2.30. The Morgan fingerprint density at radius 1 is 1.11 bits per heavy atom. The third kappa shape index (κ3) is 3.81. The zero-order valence-electron chi connectivity index (χ0n) is 16.1. The van der Waals surface area contributed by atoms with Gasteiger partial charge in [0.15, 0.2) is 5.58 Å². The molecule has 1 fully saturated rings. The van der Waals surface area contributed by atoms with Gasteiger partial charge in [-0.15, -0.1) is 0 Å². The largest absolute Gasteiger partial charge is 0.419 e. The van der Waals surface area contributed by atoms with E-state index in [2.05, 4.69) is 16.3 Å². The second kappa shape index (κ2) is 7.92. The Morgan fingerprint density at radius 3 is 2.71 bits per heavy atom. The lowest BCUT2D eigenvalue weighted by Crippen LogP contribution is -2.30. The van der Waals surface area contributed by atoms with Crippen LogP contribution in [-0.4, -0.2) is 23.6 Å². The van der Waals surface area contributed by atoms with E-state index in [1.165, 1.54) is 23.8 Å². The summed E-state index contributed by atoms with van der Waals surface area (Å²) in [6, 6.07) is 13.5. The highest BCUT2D eigenvalue weighted by atomic mass is 16.4. The number of amides is 1. The number of carbonyl (C=O) groups excluding carboxylic acids is 1. The number of rotatable bonds is 5.